The first-order valence-corrected chi connectivity index (χ1v) is 17.1. The van der Waals surface area contributed by atoms with Crippen LogP contribution in [0.5, 0.6) is 17.2 Å². The van der Waals surface area contributed by atoms with Crippen molar-refractivity contribution in [3.8, 4) is 17.2 Å². The molecule has 0 spiro atoms. The Morgan fingerprint density at radius 2 is 1.52 bits per heavy atom. The Balaban J connectivity index is 1.78. The van der Waals surface area contributed by atoms with Crippen LogP contribution in [-0.2, 0) is 26.2 Å². The molecular formula is C32H36Cl3N3O7S. The Kier molecular flexibility index (Phi) is 11.9. The summed E-state index contributed by atoms with van der Waals surface area (Å²) in [5, 5.41) is 3.85. The summed E-state index contributed by atoms with van der Waals surface area (Å²) in [7, 11) is -0.276. The molecule has 2 amide bonds. The molecule has 0 aliphatic heterocycles. The second-order valence-corrected chi connectivity index (χ2v) is 13.9. The maximum atomic E-state index is 14.4. The average molecular weight is 713 g/mol. The van der Waals surface area contributed by atoms with E-state index in [1.165, 1.54) is 56.6 Å². The molecule has 0 bridgehead atoms. The van der Waals surface area contributed by atoms with Crippen molar-refractivity contribution in [2.45, 2.75) is 56.1 Å². The number of sulfonamides is 1. The van der Waals surface area contributed by atoms with Crippen LogP contribution >= 0.6 is 34.8 Å². The number of halogens is 3. The number of benzene rings is 3. The number of amides is 2. The van der Waals surface area contributed by atoms with E-state index in [1.807, 2.05) is 0 Å². The van der Waals surface area contributed by atoms with Gasteiger partial charge in [-0.25, -0.2) is 8.42 Å². The third-order valence-corrected chi connectivity index (χ3v) is 10.6. The lowest BCUT2D eigenvalue weighted by Crippen LogP contribution is -2.52. The molecule has 0 unspecified atom stereocenters. The highest BCUT2D eigenvalue weighted by Crippen LogP contribution is 2.37. The number of carbonyl (C=O) groups is 2. The van der Waals surface area contributed by atoms with Crippen LogP contribution in [0.25, 0.3) is 0 Å². The van der Waals surface area contributed by atoms with Crippen molar-refractivity contribution in [3.63, 3.8) is 0 Å². The highest BCUT2D eigenvalue weighted by Gasteiger charge is 2.35. The molecule has 1 N–H and O–H groups in total. The molecule has 4 rings (SSSR count). The molecule has 46 heavy (non-hydrogen) atoms. The summed E-state index contributed by atoms with van der Waals surface area (Å²) in [6, 6.07) is 12.5. The largest absolute Gasteiger partial charge is 0.495 e. The summed E-state index contributed by atoms with van der Waals surface area (Å²) in [6.07, 6.45) is 3.72. The molecule has 14 heteroatoms. The zero-order valence-corrected chi connectivity index (χ0v) is 29.0. The van der Waals surface area contributed by atoms with Crippen LogP contribution in [-0.4, -0.2) is 65.1 Å². The average Bonchev–Trinajstić information content (AvgIpc) is 3.56. The van der Waals surface area contributed by atoms with Crippen molar-refractivity contribution in [2.75, 3.05) is 32.2 Å². The molecule has 3 aromatic carbocycles. The van der Waals surface area contributed by atoms with E-state index < -0.39 is 28.5 Å². The van der Waals surface area contributed by atoms with Gasteiger partial charge in [-0.05, 0) is 67.8 Å². The van der Waals surface area contributed by atoms with Crippen molar-refractivity contribution < 1.29 is 32.2 Å². The zero-order chi connectivity index (χ0) is 33.6. The molecule has 248 valence electrons. The molecule has 0 radical (unpaired) electrons. The first-order chi connectivity index (χ1) is 21.9. The van der Waals surface area contributed by atoms with E-state index in [1.54, 1.807) is 31.2 Å². The Morgan fingerprint density at radius 3 is 2.15 bits per heavy atom. The number of hydrogen-bond acceptors (Lipinski definition) is 7. The molecule has 1 fully saturated rings. The lowest BCUT2D eigenvalue weighted by Gasteiger charge is -2.33. The van der Waals surface area contributed by atoms with Crippen LogP contribution in [0, 0.1) is 0 Å². The highest BCUT2D eigenvalue weighted by molar-refractivity contribution is 7.92. The van der Waals surface area contributed by atoms with E-state index >= 15 is 0 Å². The van der Waals surface area contributed by atoms with Crippen LogP contribution in [0.1, 0.15) is 38.2 Å². The summed E-state index contributed by atoms with van der Waals surface area (Å²) in [5.41, 5.74) is 0.619. The fraction of sp³-hybridized carbons (Fsp3) is 0.375. The summed E-state index contributed by atoms with van der Waals surface area (Å²) >= 11 is 18.7. The summed E-state index contributed by atoms with van der Waals surface area (Å²) in [4.78, 5) is 28.9. The molecular weight excluding hydrogens is 677 g/mol. The molecule has 0 heterocycles. The molecule has 1 atom stereocenters. The van der Waals surface area contributed by atoms with Crippen LogP contribution in [0.4, 0.5) is 5.69 Å². The normalized spacial score (nSPS) is 14.0. The van der Waals surface area contributed by atoms with Crippen molar-refractivity contribution in [2.24, 2.45) is 0 Å². The van der Waals surface area contributed by atoms with E-state index in [4.69, 9.17) is 49.0 Å². The lowest BCUT2D eigenvalue weighted by molar-refractivity contribution is -0.139. The van der Waals surface area contributed by atoms with E-state index in [0.29, 0.717) is 16.3 Å². The van der Waals surface area contributed by atoms with Crippen molar-refractivity contribution >= 4 is 62.3 Å². The summed E-state index contributed by atoms with van der Waals surface area (Å²) in [5.74, 6) is -0.365. The van der Waals surface area contributed by atoms with Gasteiger partial charge in [0.15, 0.2) is 11.5 Å². The second-order valence-electron chi connectivity index (χ2n) is 10.8. The molecule has 1 aliphatic carbocycles. The van der Waals surface area contributed by atoms with E-state index in [2.05, 4.69) is 5.32 Å². The molecule has 3 aromatic rings. The molecule has 0 saturated heterocycles. The number of nitrogens with one attached hydrogen (secondary N) is 1. The minimum atomic E-state index is -4.47. The van der Waals surface area contributed by atoms with Crippen LogP contribution in [0.15, 0.2) is 59.5 Å². The Bertz CT molecular complexity index is 1680. The number of ether oxygens (including phenoxy) is 3. The number of hydrogen-bond donors (Lipinski definition) is 1. The first kappa shape index (κ1) is 35.5. The Labute approximate surface area is 284 Å². The molecule has 10 nitrogen and oxygen atoms in total. The number of carbonyl (C=O) groups excluding carboxylic acids is 2. The molecule has 1 saturated carbocycles. The number of nitrogens with zero attached hydrogens (tertiary/aromatic N) is 2. The minimum absolute atomic E-state index is 0.00882. The van der Waals surface area contributed by atoms with Crippen molar-refractivity contribution in [1.82, 2.24) is 10.2 Å². The van der Waals surface area contributed by atoms with E-state index in [-0.39, 0.29) is 50.6 Å². The summed E-state index contributed by atoms with van der Waals surface area (Å²) < 4.78 is 45.7. The van der Waals surface area contributed by atoms with E-state index in [9.17, 15) is 18.0 Å². The summed E-state index contributed by atoms with van der Waals surface area (Å²) in [6.45, 7) is 0.856. The number of rotatable bonds is 13. The Morgan fingerprint density at radius 1 is 0.870 bits per heavy atom. The van der Waals surface area contributed by atoms with Gasteiger partial charge in [-0.15, -0.1) is 0 Å². The van der Waals surface area contributed by atoms with Gasteiger partial charge in [0, 0.05) is 23.7 Å². The lowest BCUT2D eigenvalue weighted by atomic mass is 10.1. The van der Waals surface area contributed by atoms with Gasteiger partial charge in [-0.2, -0.15) is 0 Å². The van der Waals surface area contributed by atoms with Crippen LogP contribution < -0.4 is 23.8 Å². The van der Waals surface area contributed by atoms with Gasteiger partial charge in [0.25, 0.3) is 10.0 Å². The zero-order valence-electron chi connectivity index (χ0n) is 25.9. The van der Waals surface area contributed by atoms with Crippen LogP contribution in [0.2, 0.25) is 15.1 Å². The maximum Gasteiger partial charge on any atom is 0.265 e. The number of anilines is 1. The molecule has 1 aliphatic rings. The standard InChI is InChI=1S/C32H36Cl3N3O7S/c1-20(32(40)36-23-7-5-6-8-23)37(18-21-9-12-25(34)26(35)15-21)31(39)19-38(27-16-22(33)10-13-28(27)43-2)46(41,42)24-11-14-29(44-3)30(17-24)45-4/h9-17,20,23H,5-8,18-19H2,1-4H3,(H,36,40)/t20-/m1/s1. The van der Waals surface area contributed by atoms with Gasteiger partial charge >= 0.3 is 0 Å². The van der Waals surface area contributed by atoms with Gasteiger partial charge in [-0.1, -0.05) is 53.7 Å². The first-order valence-electron chi connectivity index (χ1n) is 14.5. The van der Waals surface area contributed by atoms with E-state index in [0.717, 1.165) is 30.0 Å². The smallest absolute Gasteiger partial charge is 0.265 e. The number of methoxy groups -OCH3 is 3. The van der Waals surface area contributed by atoms with Gasteiger partial charge < -0.3 is 24.4 Å². The highest BCUT2D eigenvalue weighted by atomic mass is 35.5. The SMILES string of the molecule is COc1ccc(S(=O)(=O)N(CC(=O)N(Cc2ccc(Cl)c(Cl)c2)[C@H](C)C(=O)NC2CCCC2)c2cc(Cl)ccc2OC)cc1OC. The quantitative estimate of drug-likeness (QED) is 0.220. The van der Waals surface area contributed by atoms with Gasteiger partial charge in [0.1, 0.15) is 18.3 Å². The van der Waals surface area contributed by atoms with Gasteiger partial charge in [0.2, 0.25) is 11.8 Å². The Hall–Kier alpha value is -3.38. The monoisotopic (exact) mass is 711 g/mol. The van der Waals surface area contributed by atoms with Gasteiger partial charge in [-0.3, -0.25) is 13.9 Å². The third kappa shape index (κ3) is 8.12. The minimum Gasteiger partial charge on any atom is -0.495 e. The van der Waals surface area contributed by atoms with Crippen molar-refractivity contribution in [1.29, 1.82) is 0 Å². The van der Waals surface area contributed by atoms with Crippen molar-refractivity contribution in [3.05, 3.63) is 75.2 Å². The van der Waals surface area contributed by atoms with Crippen LogP contribution in [0.3, 0.4) is 0 Å². The predicted octanol–water partition coefficient (Wildman–Crippen LogP) is 6.34. The van der Waals surface area contributed by atoms with Gasteiger partial charge in [0.05, 0.1) is 42.0 Å². The topological polar surface area (TPSA) is 114 Å². The predicted molar refractivity (Wildman–Crippen MR) is 179 cm³/mol. The fourth-order valence-corrected chi connectivity index (χ4v) is 7.20. The third-order valence-electron chi connectivity index (χ3n) is 7.84. The fourth-order valence-electron chi connectivity index (χ4n) is 5.28. The molecule has 0 aromatic heterocycles. The maximum absolute atomic E-state index is 14.4. The second kappa shape index (κ2) is 15.5.